The highest BCUT2D eigenvalue weighted by Gasteiger charge is 2.36. The van der Waals surface area contributed by atoms with Gasteiger partial charge in [-0.25, -0.2) is 0 Å². The number of para-hydroxylation sites is 1. The lowest BCUT2D eigenvalue weighted by Crippen LogP contribution is -2.58. The number of piperazine rings is 1. The molecule has 5 rings (SSSR count). The number of carbonyl (C=O) groups excluding carboxylic acids is 2. The van der Waals surface area contributed by atoms with Crippen molar-refractivity contribution in [1.29, 1.82) is 0 Å². The van der Waals surface area contributed by atoms with Gasteiger partial charge >= 0.3 is 0 Å². The first-order valence-corrected chi connectivity index (χ1v) is 10.4. The van der Waals surface area contributed by atoms with Crippen LogP contribution >= 0.6 is 0 Å². The number of hydrogen-bond acceptors (Lipinski definition) is 5. The molecule has 156 valence electrons. The number of aromatic amines is 1. The van der Waals surface area contributed by atoms with Crippen LogP contribution in [0.25, 0.3) is 10.9 Å². The summed E-state index contributed by atoms with van der Waals surface area (Å²) >= 11 is 0. The lowest BCUT2D eigenvalue weighted by Gasteiger charge is -2.42. The normalized spacial score (nSPS) is 20.8. The van der Waals surface area contributed by atoms with Crippen LogP contribution in [0.3, 0.4) is 0 Å². The van der Waals surface area contributed by atoms with Crippen LogP contribution in [-0.4, -0.2) is 80.4 Å². The van der Waals surface area contributed by atoms with Crippen LogP contribution in [0, 0.1) is 0 Å². The van der Waals surface area contributed by atoms with E-state index in [0.29, 0.717) is 31.9 Å². The van der Waals surface area contributed by atoms with Gasteiger partial charge in [0.15, 0.2) is 5.69 Å². The van der Waals surface area contributed by atoms with E-state index in [9.17, 15) is 9.59 Å². The van der Waals surface area contributed by atoms with Crippen LogP contribution < -0.4 is 4.90 Å². The number of nitrogens with zero attached hydrogens (tertiary/aromatic N) is 6. The molecule has 0 radical (unpaired) electrons. The number of piperidine rings is 1. The fourth-order valence-corrected chi connectivity index (χ4v) is 4.51. The topological polar surface area (TPSA) is 90.4 Å². The molecule has 1 atom stereocenters. The van der Waals surface area contributed by atoms with E-state index < -0.39 is 0 Å². The Labute approximate surface area is 174 Å². The first kappa shape index (κ1) is 18.8. The molecule has 3 aromatic rings. The van der Waals surface area contributed by atoms with Gasteiger partial charge in [0.1, 0.15) is 0 Å². The third kappa shape index (κ3) is 3.24. The number of H-pyrrole nitrogens is 1. The number of hydrogen-bond donors (Lipinski definition) is 1. The number of benzene rings is 1. The van der Waals surface area contributed by atoms with Crippen LogP contribution in [-0.2, 0) is 11.8 Å². The van der Waals surface area contributed by atoms with Crippen molar-refractivity contribution in [3.8, 4) is 0 Å². The van der Waals surface area contributed by atoms with E-state index in [1.54, 1.807) is 10.9 Å². The number of fused-ring (bicyclic) bond motifs is 1. The van der Waals surface area contributed by atoms with Gasteiger partial charge in [0.25, 0.3) is 5.91 Å². The minimum absolute atomic E-state index is 0.0564. The van der Waals surface area contributed by atoms with Gasteiger partial charge in [-0.2, -0.15) is 10.2 Å². The second-order valence-corrected chi connectivity index (χ2v) is 7.97. The monoisotopic (exact) mass is 407 g/mol. The predicted octanol–water partition coefficient (Wildman–Crippen LogP) is 1.25. The average Bonchev–Trinajstić information content (AvgIpc) is 3.40. The second-order valence-electron chi connectivity index (χ2n) is 7.97. The molecule has 2 aliphatic heterocycles. The molecule has 2 fully saturated rings. The quantitative estimate of drug-likeness (QED) is 0.706. The average molecular weight is 407 g/mol. The summed E-state index contributed by atoms with van der Waals surface area (Å²) in [5, 5.41) is 12.2. The Hall–Kier alpha value is -3.20. The van der Waals surface area contributed by atoms with E-state index in [-0.39, 0.29) is 17.9 Å². The molecule has 2 amide bonds. The number of nitrogens with one attached hydrogen (secondary N) is 1. The van der Waals surface area contributed by atoms with Crippen LogP contribution in [0.4, 0.5) is 5.69 Å². The van der Waals surface area contributed by atoms with Gasteiger partial charge in [-0.15, -0.1) is 0 Å². The Balaban J connectivity index is 1.25. The highest BCUT2D eigenvalue weighted by atomic mass is 16.2. The third-order valence-electron chi connectivity index (χ3n) is 6.13. The van der Waals surface area contributed by atoms with E-state index >= 15 is 0 Å². The molecule has 0 saturated carbocycles. The molecule has 1 aromatic carbocycles. The summed E-state index contributed by atoms with van der Waals surface area (Å²) in [6, 6.07) is 7.52. The van der Waals surface area contributed by atoms with Crippen LogP contribution in [0.15, 0.2) is 36.7 Å². The Bertz CT molecular complexity index is 1080. The van der Waals surface area contributed by atoms with Gasteiger partial charge in [-0.05, 0) is 18.9 Å². The molecule has 30 heavy (non-hydrogen) atoms. The molecule has 1 N–H and O–H groups in total. The number of anilines is 1. The van der Waals surface area contributed by atoms with Crippen LogP contribution in [0.5, 0.6) is 0 Å². The van der Waals surface area contributed by atoms with Gasteiger partial charge in [-0.1, -0.05) is 18.2 Å². The molecule has 0 spiro atoms. The largest absolute Gasteiger partial charge is 0.335 e. The van der Waals surface area contributed by atoms with Gasteiger partial charge in [0.05, 0.1) is 23.4 Å². The number of aryl methyl sites for hydroxylation is 1. The zero-order chi connectivity index (χ0) is 20.7. The molecule has 1 unspecified atom stereocenters. The van der Waals surface area contributed by atoms with Crippen molar-refractivity contribution >= 4 is 28.4 Å². The summed E-state index contributed by atoms with van der Waals surface area (Å²) < 4.78 is 1.72. The number of rotatable bonds is 3. The molecule has 0 bridgehead atoms. The Morgan fingerprint density at radius 3 is 2.70 bits per heavy atom. The maximum absolute atomic E-state index is 13.1. The summed E-state index contributed by atoms with van der Waals surface area (Å²) in [6.45, 7) is 3.29. The molecular formula is C21H25N7O2. The molecule has 2 aliphatic rings. The molecule has 9 heteroatoms. The van der Waals surface area contributed by atoms with Crippen molar-refractivity contribution in [1.82, 2.24) is 29.8 Å². The van der Waals surface area contributed by atoms with E-state index in [1.165, 1.54) is 0 Å². The van der Waals surface area contributed by atoms with Gasteiger partial charge < -0.3 is 9.80 Å². The highest BCUT2D eigenvalue weighted by molar-refractivity contribution is 6.04. The molecule has 2 aromatic heterocycles. The lowest BCUT2D eigenvalue weighted by molar-refractivity contribution is -0.126. The Morgan fingerprint density at radius 1 is 1.13 bits per heavy atom. The van der Waals surface area contributed by atoms with Crippen LogP contribution in [0.1, 0.15) is 23.3 Å². The lowest BCUT2D eigenvalue weighted by atomic mass is 10.0. The number of amides is 2. The van der Waals surface area contributed by atoms with Crippen molar-refractivity contribution in [2.75, 3.05) is 37.6 Å². The maximum Gasteiger partial charge on any atom is 0.275 e. The molecule has 9 nitrogen and oxygen atoms in total. The van der Waals surface area contributed by atoms with Crippen LogP contribution in [0.2, 0.25) is 0 Å². The first-order valence-electron chi connectivity index (χ1n) is 10.4. The highest BCUT2D eigenvalue weighted by Crippen LogP contribution is 2.25. The zero-order valence-electron chi connectivity index (χ0n) is 17.0. The third-order valence-corrected chi connectivity index (χ3v) is 6.13. The Kier molecular flexibility index (Phi) is 4.74. The van der Waals surface area contributed by atoms with Crippen molar-refractivity contribution in [3.05, 3.63) is 42.4 Å². The summed E-state index contributed by atoms with van der Waals surface area (Å²) in [4.78, 5) is 32.0. The summed E-state index contributed by atoms with van der Waals surface area (Å²) in [5.41, 5.74) is 2.18. The minimum Gasteiger partial charge on any atom is -0.335 e. The van der Waals surface area contributed by atoms with Crippen molar-refractivity contribution < 1.29 is 9.59 Å². The van der Waals surface area contributed by atoms with Gasteiger partial charge in [0.2, 0.25) is 5.91 Å². The van der Waals surface area contributed by atoms with Crippen molar-refractivity contribution in [2.45, 2.75) is 18.9 Å². The van der Waals surface area contributed by atoms with E-state index in [4.69, 9.17) is 0 Å². The van der Waals surface area contributed by atoms with E-state index in [1.807, 2.05) is 47.3 Å². The smallest absolute Gasteiger partial charge is 0.275 e. The SMILES string of the molecule is Cn1cc(N2CCCC(N3CCN(C(=O)c4n[nH]c5ccccc45)CC3)C2=O)cn1. The molecule has 4 heterocycles. The summed E-state index contributed by atoms with van der Waals surface area (Å²) in [5.74, 6) is 0.0754. The van der Waals surface area contributed by atoms with E-state index in [2.05, 4.69) is 20.2 Å². The fraction of sp³-hybridized carbons (Fsp3) is 0.429. The maximum atomic E-state index is 13.1. The minimum atomic E-state index is -0.137. The molecule has 2 saturated heterocycles. The second kappa shape index (κ2) is 7.56. The zero-order valence-corrected chi connectivity index (χ0v) is 17.0. The standard InChI is InChI=1S/C21H25N7O2/c1-25-14-15(13-22-25)28-8-4-7-18(20(28)29)26-9-11-27(12-10-26)21(30)19-16-5-2-3-6-17(16)23-24-19/h2-3,5-6,13-14,18H,4,7-12H2,1H3,(H,23,24). The number of aromatic nitrogens is 4. The molecular weight excluding hydrogens is 382 g/mol. The number of carbonyl (C=O) groups is 2. The predicted molar refractivity (Wildman–Crippen MR) is 112 cm³/mol. The first-order chi connectivity index (χ1) is 14.6. The van der Waals surface area contributed by atoms with Crippen molar-refractivity contribution in [3.63, 3.8) is 0 Å². The summed E-state index contributed by atoms with van der Waals surface area (Å²) in [6.07, 6.45) is 5.44. The fourth-order valence-electron chi connectivity index (χ4n) is 4.51. The summed E-state index contributed by atoms with van der Waals surface area (Å²) in [7, 11) is 1.86. The van der Waals surface area contributed by atoms with Gasteiger partial charge in [-0.3, -0.25) is 24.3 Å². The van der Waals surface area contributed by atoms with E-state index in [0.717, 1.165) is 36.0 Å². The van der Waals surface area contributed by atoms with Gasteiger partial charge in [0, 0.05) is 51.4 Å². The Morgan fingerprint density at radius 2 is 1.93 bits per heavy atom. The van der Waals surface area contributed by atoms with Crippen molar-refractivity contribution in [2.24, 2.45) is 7.05 Å². The molecule has 0 aliphatic carbocycles.